The van der Waals surface area contributed by atoms with E-state index in [1.165, 1.54) is 23.2 Å². The van der Waals surface area contributed by atoms with E-state index in [9.17, 15) is 0 Å². The summed E-state index contributed by atoms with van der Waals surface area (Å²) in [6, 6.07) is 10.2. The number of nitrogens with zero attached hydrogens (tertiary/aromatic N) is 1. The van der Waals surface area contributed by atoms with E-state index in [1.807, 2.05) is 18.2 Å². The van der Waals surface area contributed by atoms with E-state index in [0.717, 1.165) is 0 Å². The first-order chi connectivity index (χ1) is 6.74. The summed E-state index contributed by atoms with van der Waals surface area (Å²) >= 11 is 2.28. The van der Waals surface area contributed by atoms with Gasteiger partial charge in [-0.2, -0.15) is 0 Å². The highest BCUT2D eigenvalue weighted by Crippen LogP contribution is 1.99. The minimum absolute atomic E-state index is 1.19. The molecule has 0 aliphatic heterocycles. The van der Waals surface area contributed by atoms with Gasteiger partial charge in [-0.3, -0.25) is 0 Å². The number of rotatable bonds is 3. The lowest BCUT2D eigenvalue weighted by atomic mass is 10.4. The molecule has 14 heavy (non-hydrogen) atoms. The van der Waals surface area contributed by atoms with Crippen molar-refractivity contribution < 1.29 is 0 Å². The van der Waals surface area contributed by atoms with Crippen LogP contribution in [0.2, 0.25) is 0 Å². The highest BCUT2D eigenvalue weighted by atomic mass is 127. The molecule has 0 spiro atoms. The number of hydrogen-bond donors (Lipinski definition) is 0. The monoisotopic (exact) mass is 305 g/mol. The fourth-order valence-electron chi connectivity index (χ4n) is 1.09. The molecular weight excluding hydrogens is 285 g/mol. The van der Waals surface area contributed by atoms with Gasteiger partial charge in [0.1, 0.15) is 0 Å². The lowest BCUT2D eigenvalue weighted by Crippen LogP contribution is -2.21. The van der Waals surface area contributed by atoms with Crippen molar-refractivity contribution in [3.05, 3.63) is 33.9 Å². The van der Waals surface area contributed by atoms with Gasteiger partial charge in [0, 0.05) is 3.57 Å². The molecule has 0 heterocycles. The summed E-state index contributed by atoms with van der Waals surface area (Å²) in [4.78, 5) is 2.38. The third-order valence-corrected chi connectivity index (χ3v) is 2.79. The van der Waals surface area contributed by atoms with Crippen molar-refractivity contribution >= 4 is 22.6 Å². The van der Waals surface area contributed by atoms with Crippen LogP contribution in [0.1, 0.15) is 20.8 Å². The van der Waals surface area contributed by atoms with Crippen LogP contribution in [0.5, 0.6) is 0 Å². The van der Waals surface area contributed by atoms with E-state index in [4.69, 9.17) is 0 Å². The SMILES string of the molecule is CCN(CC)CC.Ic1ccccc1. The number of hydrogen-bond acceptors (Lipinski definition) is 1. The van der Waals surface area contributed by atoms with Crippen molar-refractivity contribution in [3.63, 3.8) is 0 Å². The second-order valence-electron chi connectivity index (χ2n) is 2.92. The second kappa shape index (κ2) is 9.46. The van der Waals surface area contributed by atoms with Crippen molar-refractivity contribution in [2.45, 2.75) is 20.8 Å². The molecule has 1 aromatic carbocycles. The Hall–Kier alpha value is -0.0900. The molecule has 0 bridgehead atoms. The van der Waals surface area contributed by atoms with Gasteiger partial charge in [0.05, 0.1) is 0 Å². The molecule has 0 N–H and O–H groups in total. The maximum atomic E-state index is 2.38. The van der Waals surface area contributed by atoms with Crippen LogP contribution in [0, 0.1) is 3.57 Å². The van der Waals surface area contributed by atoms with E-state index >= 15 is 0 Å². The lowest BCUT2D eigenvalue weighted by Gasteiger charge is -2.13. The molecule has 80 valence electrons. The van der Waals surface area contributed by atoms with Crippen LogP contribution in [0.15, 0.2) is 30.3 Å². The summed E-state index contributed by atoms with van der Waals surface area (Å²) in [5.41, 5.74) is 0. The maximum Gasteiger partial charge on any atom is 0.0130 e. The van der Waals surface area contributed by atoms with Crippen LogP contribution in [0.3, 0.4) is 0 Å². The Morgan fingerprint density at radius 1 is 0.929 bits per heavy atom. The first kappa shape index (κ1) is 13.9. The molecule has 0 atom stereocenters. The van der Waals surface area contributed by atoms with E-state index in [1.54, 1.807) is 0 Å². The molecule has 0 fully saturated rings. The molecule has 0 saturated heterocycles. The van der Waals surface area contributed by atoms with Gasteiger partial charge in [0.2, 0.25) is 0 Å². The predicted octanol–water partition coefficient (Wildman–Crippen LogP) is 3.64. The van der Waals surface area contributed by atoms with Crippen molar-refractivity contribution in [2.75, 3.05) is 19.6 Å². The molecule has 0 saturated carbocycles. The van der Waals surface area contributed by atoms with Gasteiger partial charge in [-0.15, -0.1) is 0 Å². The Morgan fingerprint density at radius 2 is 1.36 bits per heavy atom. The number of benzene rings is 1. The lowest BCUT2D eigenvalue weighted by molar-refractivity contribution is 0.321. The van der Waals surface area contributed by atoms with Gasteiger partial charge in [-0.1, -0.05) is 39.0 Å². The van der Waals surface area contributed by atoms with E-state index in [0.29, 0.717) is 0 Å². The van der Waals surface area contributed by atoms with Gasteiger partial charge in [-0.05, 0) is 54.4 Å². The molecule has 0 aliphatic rings. The van der Waals surface area contributed by atoms with Crippen LogP contribution in [0.4, 0.5) is 0 Å². The smallest absolute Gasteiger partial charge is 0.0130 e. The fourth-order valence-corrected chi connectivity index (χ4v) is 1.50. The van der Waals surface area contributed by atoms with Crippen molar-refractivity contribution in [3.8, 4) is 0 Å². The van der Waals surface area contributed by atoms with Crippen LogP contribution in [-0.4, -0.2) is 24.5 Å². The summed E-state index contributed by atoms with van der Waals surface area (Å²) in [6.45, 7) is 10.1. The minimum Gasteiger partial charge on any atom is -0.304 e. The molecule has 0 amide bonds. The van der Waals surface area contributed by atoms with Crippen LogP contribution in [0.25, 0.3) is 0 Å². The van der Waals surface area contributed by atoms with Crippen LogP contribution >= 0.6 is 22.6 Å². The molecule has 0 radical (unpaired) electrons. The summed E-state index contributed by atoms with van der Waals surface area (Å²) in [6.07, 6.45) is 0. The van der Waals surface area contributed by atoms with Gasteiger partial charge in [0.25, 0.3) is 0 Å². The third-order valence-electron chi connectivity index (χ3n) is 2.07. The first-order valence-corrected chi connectivity index (χ1v) is 6.25. The number of halogens is 1. The summed E-state index contributed by atoms with van der Waals surface area (Å²) < 4.78 is 1.29. The average molecular weight is 305 g/mol. The topological polar surface area (TPSA) is 3.24 Å². The Bertz CT molecular complexity index is 201. The zero-order valence-electron chi connectivity index (χ0n) is 9.33. The van der Waals surface area contributed by atoms with E-state index < -0.39 is 0 Å². The molecule has 1 aromatic rings. The summed E-state index contributed by atoms with van der Waals surface area (Å²) in [7, 11) is 0. The second-order valence-corrected chi connectivity index (χ2v) is 4.16. The third kappa shape index (κ3) is 7.33. The molecule has 0 aliphatic carbocycles. The van der Waals surface area contributed by atoms with Gasteiger partial charge in [-0.25, -0.2) is 0 Å². The Balaban J connectivity index is 0.000000241. The minimum atomic E-state index is 1.19. The average Bonchev–Trinajstić information content (AvgIpc) is 2.22. The zero-order valence-corrected chi connectivity index (χ0v) is 11.5. The quantitative estimate of drug-likeness (QED) is 0.771. The van der Waals surface area contributed by atoms with E-state index in [-0.39, 0.29) is 0 Å². The summed E-state index contributed by atoms with van der Waals surface area (Å²) in [5, 5.41) is 0. The molecule has 1 nitrogen and oxygen atoms in total. The Labute approximate surface area is 102 Å². The van der Waals surface area contributed by atoms with Crippen molar-refractivity contribution in [1.29, 1.82) is 0 Å². The highest BCUT2D eigenvalue weighted by molar-refractivity contribution is 14.1. The first-order valence-electron chi connectivity index (χ1n) is 5.17. The van der Waals surface area contributed by atoms with Gasteiger partial charge < -0.3 is 4.90 Å². The normalized spacial score (nSPS) is 9.50. The van der Waals surface area contributed by atoms with Gasteiger partial charge >= 0.3 is 0 Å². The molecule has 2 heteroatoms. The fraction of sp³-hybridized carbons (Fsp3) is 0.500. The van der Waals surface area contributed by atoms with Gasteiger partial charge in [0.15, 0.2) is 0 Å². The van der Waals surface area contributed by atoms with Crippen LogP contribution in [-0.2, 0) is 0 Å². The molecule has 0 aromatic heterocycles. The Kier molecular flexibility index (Phi) is 9.40. The molecule has 1 rings (SSSR count). The van der Waals surface area contributed by atoms with Crippen molar-refractivity contribution in [1.82, 2.24) is 4.90 Å². The standard InChI is InChI=1S/C6H5I.C6H15N/c7-6-4-2-1-3-5-6;1-4-7(5-2)6-3/h1-5H;4-6H2,1-3H3. The molecule has 0 unspecified atom stereocenters. The van der Waals surface area contributed by atoms with Crippen LogP contribution < -0.4 is 0 Å². The maximum absolute atomic E-state index is 2.38. The summed E-state index contributed by atoms with van der Waals surface area (Å²) in [5.74, 6) is 0. The zero-order chi connectivity index (χ0) is 10.8. The largest absolute Gasteiger partial charge is 0.304 e. The molecular formula is C12H20IN. The highest BCUT2D eigenvalue weighted by Gasteiger charge is 1.89. The predicted molar refractivity (Wildman–Crippen MR) is 72.6 cm³/mol. The Morgan fingerprint density at radius 3 is 1.50 bits per heavy atom. The van der Waals surface area contributed by atoms with E-state index in [2.05, 4.69) is 60.4 Å². The van der Waals surface area contributed by atoms with Crippen molar-refractivity contribution in [2.24, 2.45) is 0 Å².